The lowest BCUT2D eigenvalue weighted by molar-refractivity contribution is -0.161. The van der Waals surface area contributed by atoms with E-state index >= 15 is 0 Å². The van der Waals surface area contributed by atoms with E-state index in [9.17, 15) is 9.59 Å². The normalized spacial score (nSPS) is 11.9. The van der Waals surface area contributed by atoms with Crippen molar-refractivity contribution < 1.29 is 24.2 Å². The van der Waals surface area contributed by atoms with Gasteiger partial charge in [-0.3, -0.25) is 9.59 Å². The first-order valence-electron chi connectivity index (χ1n) is 7.59. The van der Waals surface area contributed by atoms with Gasteiger partial charge in [0.15, 0.2) is 6.10 Å². The largest absolute Gasteiger partial charge is 0.462 e. The minimum atomic E-state index is -0.751. The molecule has 0 amide bonds. The van der Waals surface area contributed by atoms with E-state index < -0.39 is 6.10 Å². The Morgan fingerprint density at radius 2 is 1.60 bits per heavy atom. The van der Waals surface area contributed by atoms with Crippen LogP contribution in [0.4, 0.5) is 0 Å². The van der Waals surface area contributed by atoms with Crippen molar-refractivity contribution in [2.24, 2.45) is 0 Å². The van der Waals surface area contributed by atoms with Crippen molar-refractivity contribution in [3.63, 3.8) is 0 Å². The predicted octanol–water partition coefficient (Wildman–Crippen LogP) is 2.59. The number of aliphatic hydroxyl groups is 1. The second kappa shape index (κ2) is 12.9. The quantitative estimate of drug-likeness (QED) is 0.441. The Bertz CT molecular complexity index is 265. The number of esters is 2. The predicted molar refractivity (Wildman–Crippen MR) is 76.2 cm³/mol. The minimum Gasteiger partial charge on any atom is -0.462 e. The monoisotopic (exact) mass is 288 g/mol. The molecular weight excluding hydrogens is 260 g/mol. The Hall–Kier alpha value is -1.10. The van der Waals surface area contributed by atoms with Crippen molar-refractivity contribution in [2.45, 2.75) is 71.3 Å². The molecule has 0 aliphatic carbocycles. The van der Waals surface area contributed by atoms with Crippen molar-refractivity contribution in [1.82, 2.24) is 0 Å². The Labute approximate surface area is 121 Å². The van der Waals surface area contributed by atoms with E-state index in [2.05, 4.69) is 6.92 Å². The van der Waals surface area contributed by atoms with Gasteiger partial charge < -0.3 is 14.6 Å². The van der Waals surface area contributed by atoms with Gasteiger partial charge in [0.2, 0.25) is 0 Å². The molecule has 0 aliphatic heterocycles. The Balaban J connectivity index is 3.79. The van der Waals surface area contributed by atoms with E-state index in [4.69, 9.17) is 14.6 Å². The van der Waals surface area contributed by atoms with Crippen LogP contribution < -0.4 is 0 Å². The number of carbonyl (C=O) groups is 2. The molecule has 5 nitrogen and oxygen atoms in total. The maximum atomic E-state index is 11.5. The van der Waals surface area contributed by atoms with Crippen molar-refractivity contribution in [3.05, 3.63) is 0 Å². The summed E-state index contributed by atoms with van der Waals surface area (Å²) in [5.41, 5.74) is 0. The Morgan fingerprint density at radius 1 is 0.950 bits per heavy atom. The highest BCUT2D eigenvalue weighted by Crippen LogP contribution is 2.06. The fourth-order valence-electron chi connectivity index (χ4n) is 1.64. The van der Waals surface area contributed by atoms with E-state index in [-0.39, 0.29) is 25.2 Å². The van der Waals surface area contributed by atoms with Gasteiger partial charge in [-0.2, -0.15) is 0 Å². The van der Waals surface area contributed by atoms with Crippen LogP contribution in [0.1, 0.15) is 65.2 Å². The number of ether oxygens (including phenoxy) is 2. The maximum Gasteiger partial charge on any atom is 0.306 e. The van der Waals surface area contributed by atoms with Gasteiger partial charge in [-0.25, -0.2) is 0 Å². The Kier molecular flexibility index (Phi) is 12.2. The summed E-state index contributed by atoms with van der Waals surface area (Å²) >= 11 is 0. The molecule has 0 aromatic rings. The molecule has 0 saturated heterocycles. The van der Waals surface area contributed by atoms with Crippen molar-refractivity contribution in [3.8, 4) is 0 Å². The average Bonchev–Trinajstić information content (AvgIpc) is 2.45. The summed E-state index contributed by atoms with van der Waals surface area (Å²) in [6.45, 7) is 3.69. The zero-order chi connectivity index (χ0) is 15.2. The van der Waals surface area contributed by atoms with E-state index in [1.54, 1.807) is 0 Å². The molecule has 0 fully saturated rings. The first-order valence-corrected chi connectivity index (χ1v) is 7.59. The average molecular weight is 288 g/mol. The fraction of sp³-hybridized carbons (Fsp3) is 0.867. The van der Waals surface area contributed by atoms with Gasteiger partial charge in [-0.05, 0) is 12.8 Å². The molecule has 0 aromatic heterocycles. The molecule has 1 atom stereocenters. The first-order chi connectivity index (χ1) is 9.63. The molecule has 0 heterocycles. The summed E-state index contributed by atoms with van der Waals surface area (Å²) in [6, 6.07) is 0. The van der Waals surface area contributed by atoms with Crippen LogP contribution in [-0.4, -0.2) is 36.4 Å². The number of carbonyl (C=O) groups excluding carboxylic acids is 2. The molecule has 0 saturated carbocycles. The smallest absolute Gasteiger partial charge is 0.306 e. The third-order valence-corrected chi connectivity index (χ3v) is 2.90. The van der Waals surface area contributed by atoms with Crippen LogP contribution in [0.25, 0.3) is 0 Å². The van der Waals surface area contributed by atoms with Crippen LogP contribution >= 0.6 is 0 Å². The van der Waals surface area contributed by atoms with Crippen molar-refractivity contribution >= 4 is 11.9 Å². The number of hydrogen-bond donors (Lipinski definition) is 1. The Morgan fingerprint density at radius 3 is 2.20 bits per heavy atom. The SMILES string of the molecule is CCCCCCC(=O)O[C@@H](CO)COC(=O)CCCC. The van der Waals surface area contributed by atoms with Gasteiger partial charge in [0, 0.05) is 12.8 Å². The van der Waals surface area contributed by atoms with Gasteiger partial charge in [0.1, 0.15) is 6.61 Å². The van der Waals surface area contributed by atoms with Crippen molar-refractivity contribution in [2.75, 3.05) is 13.2 Å². The van der Waals surface area contributed by atoms with Gasteiger partial charge >= 0.3 is 11.9 Å². The molecule has 118 valence electrons. The maximum absolute atomic E-state index is 11.5. The molecule has 0 bridgehead atoms. The van der Waals surface area contributed by atoms with Crippen LogP contribution in [0.5, 0.6) is 0 Å². The summed E-state index contributed by atoms with van der Waals surface area (Å²) in [5.74, 6) is -0.658. The lowest BCUT2D eigenvalue weighted by Gasteiger charge is -2.15. The van der Waals surface area contributed by atoms with Crippen LogP contribution in [0.15, 0.2) is 0 Å². The second-order valence-corrected chi connectivity index (χ2v) is 4.89. The van der Waals surface area contributed by atoms with Crippen LogP contribution in [0, 0.1) is 0 Å². The van der Waals surface area contributed by atoms with Crippen LogP contribution in [0.3, 0.4) is 0 Å². The fourth-order valence-corrected chi connectivity index (χ4v) is 1.64. The van der Waals surface area contributed by atoms with Crippen LogP contribution in [-0.2, 0) is 19.1 Å². The number of aliphatic hydroxyl groups excluding tert-OH is 1. The van der Waals surface area contributed by atoms with E-state index in [0.29, 0.717) is 12.8 Å². The van der Waals surface area contributed by atoms with Gasteiger partial charge in [-0.1, -0.05) is 39.5 Å². The number of unbranched alkanes of at least 4 members (excludes halogenated alkanes) is 4. The molecule has 0 radical (unpaired) electrons. The number of rotatable bonds is 12. The summed E-state index contributed by atoms with van der Waals surface area (Å²) in [6.07, 6.45) is 5.67. The molecular formula is C15H28O5. The molecule has 0 aliphatic rings. The molecule has 5 heteroatoms. The first kappa shape index (κ1) is 18.9. The lowest BCUT2D eigenvalue weighted by atomic mass is 10.1. The zero-order valence-corrected chi connectivity index (χ0v) is 12.7. The summed E-state index contributed by atoms with van der Waals surface area (Å²) in [4.78, 5) is 22.8. The van der Waals surface area contributed by atoms with Gasteiger partial charge in [0.25, 0.3) is 0 Å². The highest BCUT2D eigenvalue weighted by atomic mass is 16.6. The molecule has 20 heavy (non-hydrogen) atoms. The van der Waals surface area contributed by atoms with E-state index in [1.165, 1.54) is 0 Å². The summed E-state index contributed by atoms with van der Waals surface area (Å²) < 4.78 is 10.0. The lowest BCUT2D eigenvalue weighted by Crippen LogP contribution is -2.28. The van der Waals surface area contributed by atoms with Gasteiger partial charge in [0.05, 0.1) is 6.61 Å². The third kappa shape index (κ3) is 10.8. The topological polar surface area (TPSA) is 72.8 Å². The van der Waals surface area contributed by atoms with Gasteiger partial charge in [-0.15, -0.1) is 0 Å². The molecule has 0 rings (SSSR count). The van der Waals surface area contributed by atoms with Crippen LogP contribution in [0.2, 0.25) is 0 Å². The third-order valence-electron chi connectivity index (χ3n) is 2.90. The highest BCUT2D eigenvalue weighted by molar-refractivity contribution is 5.70. The minimum absolute atomic E-state index is 0.0697. The summed E-state index contributed by atoms with van der Waals surface area (Å²) in [7, 11) is 0. The van der Waals surface area contributed by atoms with Crippen molar-refractivity contribution in [1.29, 1.82) is 0 Å². The standard InChI is InChI=1S/C15H28O5/c1-3-5-7-8-10-15(18)20-13(11-16)12-19-14(17)9-6-4-2/h13,16H,3-12H2,1-2H3/t13-/m0/s1. The molecule has 0 spiro atoms. The number of hydrogen-bond acceptors (Lipinski definition) is 5. The zero-order valence-electron chi connectivity index (χ0n) is 12.7. The highest BCUT2D eigenvalue weighted by Gasteiger charge is 2.15. The summed E-state index contributed by atoms with van der Waals surface area (Å²) in [5, 5.41) is 9.11. The molecule has 0 unspecified atom stereocenters. The second-order valence-electron chi connectivity index (χ2n) is 4.89. The molecule has 0 aromatic carbocycles. The molecule has 1 N–H and O–H groups in total. The van der Waals surface area contributed by atoms with E-state index in [0.717, 1.165) is 38.5 Å². The van der Waals surface area contributed by atoms with E-state index in [1.807, 2.05) is 6.92 Å².